The van der Waals surface area contributed by atoms with Gasteiger partial charge in [-0.2, -0.15) is 0 Å². The Kier molecular flexibility index (Phi) is 6.70. The summed E-state index contributed by atoms with van der Waals surface area (Å²) in [5.41, 5.74) is 2.40. The number of carbonyl (C=O) groups is 2. The van der Waals surface area contributed by atoms with E-state index in [0.717, 1.165) is 63.4 Å². The van der Waals surface area contributed by atoms with Crippen LogP contribution in [0, 0.1) is 5.92 Å². The highest BCUT2D eigenvalue weighted by Gasteiger charge is 2.28. The first-order valence-electron chi connectivity index (χ1n) is 10.8. The number of anilines is 1. The van der Waals surface area contributed by atoms with Crippen LogP contribution in [0.5, 0.6) is 0 Å². The first-order valence-corrected chi connectivity index (χ1v) is 11.1. The van der Waals surface area contributed by atoms with Crippen molar-refractivity contribution in [3.63, 3.8) is 0 Å². The highest BCUT2D eigenvalue weighted by molar-refractivity contribution is 6.30. The van der Waals surface area contributed by atoms with E-state index in [9.17, 15) is 9.59 Å². The molecule has 0 aliphatic carbocycles. The molecule has 30 heavy (non-hydrogen) atoms. The van der Waals surface area contributed by atoms with Gasteiger partial charge in [0.05, 0.1) is 17.2 Å². The molecule has 0 aromatic heterocycles. The third-order valence-corrected chi connectivity index (χ3v) is 6.26. The maximum atomic E-state index is 13.0. The fraction of sp³-hybridized carbons (Fsp3) is 0.417. The largest absolute Gasteiger partial charge is 0.339 e. The van der Waals surface area contributed by atoms with E-state index in [0.29, 0.717) is 11.3 Å². The number of piperidine rings is 1. The van der Waals surface area contributed by atoms with E-state index in [4.69, 9.17) is 11.6 Å². The lowest BCUT2D eigenvalue weighted by molar-refractivity contribution is -0.121. The van der Waals surface area contributed by atoms with Gasteiger partial charge in [-0.25, -0.2) is 0 Å². The van der Waals surface area contributed by atoms with Gasteiger partial charge in [0, 0.05) is 31.2 Å². The van der Waals surface area contributed by atoms with E-state index >= 15 is 0 Å². The lowest BCUT2D eigenvalue weighted by atomic mass is 9.96. The summed E-state index contributed by atoms with van der Waals surface area (Å²) in [4.78, 5) is 30.1. The maximum Gasteiger partial charge on any atom is 0.255 e. The Labute approximate surface area is 183 Å². The first kappa shape index (κ1) is 20.9. The maximum absolute atomic E-state index is 13.0. The van der Waals surface area contributed by atoms with Crippen molar-refractivity contribution in [3.8, 4) is 0 Å². The molecule has 158 valence electrons. The zero-order chi connectivity index (χ0) is 20.9. The number of hydrogen-bond acceptors (Lipinski definition) is 3. The normalized spacial score (nSPS) is 19.6. The van der Waals surface area contributed by atoms with Gasteiger partial charge in [0.25, 0.3) is 5.91 Å². The van der Waals surface area contributed by atoms with Gasteiger partial charge in [-0.15, -0.1) is 0 Å². The molecule has 0 saturated carbocycles. The molecule has 2 heterocycles. The van der Waals surface area contributed by atoms with Crippen molar-refractivity contribution in [1.82, 2.24) is 9.80 Å². The van der Waals surface area contributed by atoms with Gasteiger partial charge in [-0.3, -0.25) is 14.5 Å². The molecule has 1 atom stereocenters. The zero-order valence-electron chi connectivity index (χ0n) is 17.1. The van der Waals surface area contributed by atoms with Gasteiger partial charge in [0.1, 0.15) is 0 Å². The van der Waals surface area contributed by atoms with Crippen LogP contribution in [0.25, 0.3) is 0 Å². The Balaban J connectivity index is 1.40. The van der Waals surface area contributed by atoms with Crippen LogP contribution in [0.4, 0.5) is 5.69 Å². The molecule has 2 amide bonds. The minimum Gasteiger partial charge on any atom is -0.339 e. The van der Waals surface area contributed by atoms with Gasteiger partial charge in [-0.1, -0.05) is 35.9 Å². The number of carbonyl (C=O) groups excluding carboxylic acids is 2. The molecular formula is C24H28ClN3O2. The number of nitrogens with one attached hydrogen (secondary N) is 1. The van der Waals surface area contributed by atoms with Crippen LogP contribution in [0.3, 0.4) is 0 Å². The second-order valence-corrected chi connectivity index (χ2v) is 8.67. The lowest BCUT2D eigenvalue weighted by Gasteiger charge is -2.32. The summed E-state index contributed by atoms with van der Waals surface area (Å²) in [6.45, 7) is 4.10. The standard InChI is InChI=1S/C24H28ClN3O2/c25-20-11-9-18(10-12-20)16-27-13-5-6-19(17-27)23(29)26-22-8-2-1-7-21(22)24(30)28-14-3-4-15-28/h1-2,7-12,19H,3-6,13-17H2,(H,26,29). The van der Waals surface area contributed by atoms with E-state index < -0.39 is 0 Å². The molecule has 2 aromatic rings. The molecule has 0 radical (unpaired) electrons. The second-order valence-electron chi connectivity index (χ2n) is 8.23. The first-order chi connectivity index (χ1) is 14.6. The second kappa shape index (κ2) is 9.63. The van der Waals surface area contributed by atoms with E-state index in [-0.39, 0.29) is 17.7 Å². The van der Waals surface area contributed by atoms with Crippen LogP contribution in [-0.2, 0) is 11.3 Å². The average Bonchev–Trinajstić information content (AvgIpc) is 3.30. The smallest absolute Gasteiger partial charge is 0.255 e. The Hall–Kier alpha value is -2.37. The zero-order valence-corrected chi connectivity index (χ0v) is 17.9. The fourth-order valence-corrected chi connectivity index (χ4v) is 4.49. The summed E-state index contributed by atoms with van der Waals surface area (Å²) in [7, 11) is 0. The molecule has 2 aliphatic rings. The van der Waals surface area contributed by atoms with Crippen molar-refractivity contribution in [3.05, 3.63) is 64.7 Å². The fourth-order valence-electron chi connectivity index (χ4n) is 4.37. The highest BCUT2D eigenvalue weighted by atomic mass is 35.5. The van der Waals surface area contributed by atoms with Crippen molar-refractivity contribution in [2.75, 3.05) is 31.5 Å². The van der Waals surface area contributed by atoms with E-state index in [1.54, 1.807) is 0 Å². The van der Waals surface area contributed by atoms with Crippen molar-refractivity contribution >= 4 is 29.1 Å². The third kappa shape index (κ3) is 5.02. The SMILES string of the molecule is O=C(Nc1ccccc1C(=O)N1CCCC1)C1CCCN(Cc2ccc(Cl)cc2)C1. The van der Waals surface area contributed by atoms with Crippen molar-refractivity contribution in [1.29, 1.82) is 0 Å². The van der Waals surface area contributed by atoms with Crippen LogP contribution >= 0.6 is 11.6 Å². The van der Waals surface area contributed by atoms with Gasteiger partial charge < -0.3 is 10.2 Å². The van der Waals surface area contributed by atoms with E-state index in [1.165, 1.54) is 5.56 Å². The van der Waals surface area contributed by atoms with Gasteiger partial charge in [-0.05, 0) is 62.1 Å². The molecule has 0 spiro atoms. The van der Waals surface area contributed by atoms with Crippen molar-refractivity contribution < 1.29 is 9.59 Å². The molecule has 2 saturated heterocycles. The van der Waals surface area contributed by atoms with Gasteiger partial charge in [0.2, 0.25) is 5.91 Å². The molecule has 5 nitrogen and oxygen atoms in total. The number of rotatable bonds is 5. The summed E-state index contributed by atoms with van der Waals surface area (Å²) in [6, 6.07) is 15.2. The number of halogens is 1. The van der Waals surface area contributed by atoms with Crippen LogP contribution in [0.15, 0.2) is 48.5 Å². The molecule has 1 unspecified atom stereocenters. The van der Waals surface area contributed by atoms with Crippen LogP contribution in [-0.4, -0.2) is 47.8 Å². The topological polar surface area (TPSA) is 52.7 Å². The lowest BCUT2D eigenvalue weighted by Crippen LogP contribution is -2.40. The quantitative estimate of drug-likeness (QED) is 0.771. The van der Waals surface area contributed by atoms with Crippen molar-refractivity contribution in [2.45, 2.75) is 32.2 Å². The number of hydrogen-bond donors (Lipinski definition) is 1. The number of para-hydroxylation sites is 1. The minimum atomic E-state index is -0.0824. The summed E-state index contributed by atoms with van der Waals surface area (Å²) < 4.78 is 0. The molecule has 4 rings (SSSR count). The number of amides is 2. The average molecular weight is 426 g/mol. The number of nitrogens with zero attached hydrogens (tertiary/aromatic N) is 2. The van der Waals surface area contributed by atoms with Crippen LogP contribution in [0.1, 0.15) is 41.6 Å². The Morgan fingerprint density at radius 2 is 1.70 bits per heavy atom. The summed E-state index contributed by atoms with van der Waals surface area (Å²) in [5, 5.41) is 3.78. The summed E-state index contributed by atoms with van der Waals surface area (Å²) in [5.74, 6) is -0.0742. The molecule has 2 aromatic carbocycles. The Morgan fingerprint density at radius 1 is 0.967 bits per heavy atom. The highest BCUT2D eigenvalue weighted by Crippen LogP contribution is 2.24. The monoisotopic (exact) mass is 425 g/mol. The molecule has 1 N–H and O–H groups in total. The Bertz CT molecular complexity index is 894. The van der Waals surface area contributed by atoms with Crippen LogP contribution in [0.2, 0.25) is 5.02 Å². The molecule has 6 heteroatoms. The molecule has 0 bridgehead atoms. The van der Waals surface area contributed by atoms with Gasteiger partial charge in [0.15, 0.2) is 0 Å². The molecule has 2 fully saturated rings. The van der Waals surface area contributed by atoms with Crippen molar-refractivity contribution in [2.24, 2.45) is 5.92 Å². The molecular weight excluding hydrogens is 398 g/mol. The predicted octanol–water partition coefficient (Wildman–Crippen LogP) is 4.43. The molecule has 2 aliphatic heterocycles. The van der Waals surface area contributed by atoms with E-state index in [1.807, 2.05) is 53.4 Å². The van der Waals surface area contributed by atoms with E-state index in [2.05, 4.69) is 10.2 Å². The van der Waals surface area contributed by atoms with Crippen LogP contribution < -0.4 is 5.32 Å². The summed E-state index contributed by atoms with van der Waals surface area (Å²) >= 11 is 5.98. The van der Waals surface area contributed by atoms with Gasteiger partial charge >= 0.3 is 0 Å². The number of likely N-dealkylation sites (tertiary alicyclic amines) is 2. The third-order valence-electron chi connectivity index (χ3n) is 6.00. The Morgan fingerprint density at radius 3 is 2.47 bits per heavy atom. The number of benzene rings is 2. The minimum absolute atomic E-state index is 0.00234. The summed E-state index contributed by atoms with van der Waals surface area (Å²) in [6.07, 6.45) is 3.95. The predicted molar refractivity (Wildman–Crippen MR) is 120 cm³/mol.